The number of nitrogens with one attached hydrogen (secondary N) is 2. The van der Waals surface area contributed by atoms with E-state index in [-0.39, 0.29) is 30.4 Å². The molecule has 0 bridgehead atoms. The summed E-state index contributed by atoms with van der Waals surface area (Å²) in [7, 11) is 0. The molecule has 2 rings (SSSR count). The maximum Gasteiger partial charge on any atom is 0.237 e. The third-order valence-corrected chi connectivity index (χ3v) is 3.04. The third-order valence-electron chi connectivity index (χ3n) is 3.04. The smallest absolute Gasteiger partial charge is 0.237 e. The minimum Gasteiger partial charge on any atom is -0.348 e. The first-order valence-electron chi connectivity index (χ1n) is 5.86. The number of halogens is 1. The van der Waals surface area contributed by atoms with Gasteiger partial charge >= 0.3 is 0 Å². The number of hydrogen-bond donors (Lipinski definition) is 2. The highest BCUT2D eigenvalue weighted by molar-refractivity contribution is 5.85. The Morgan fingerprint density at radius 3 is 2.71 bits per heavy atom. The summed E-state index contributed by atoms with van der Waals surface area (Å²) in [6, 6.07) is 10.1. The minimum atomic E-state index is 0. The molecule has 4 heteroatoms. The van der Waals surface area contributed by atoms with Gasteiger partial charge in [0.2, 0.25) is 5.91 Å². The molecule has 1 amide bonds. The Morgan fingerprint density at radius 2 is 2.12 bits per heavy atom. The lowest BCUT2D eigenvalue weighted by Crippen LogP contribution is -2.41. The number of rotatable bonds is 3. The predicted octanol–water partition coefficient (Wildman–Crippen LogP) is 2.04. The quantitative estimate of drug-likeness (QED) is 0.867. The first-order chi connectivity index (χ1) is 7.77. The number of hydrogen-bond acceptors (Lipinski definition) is 2. The molecule has 2 atom stereocenters. The fourth-order valence-corrected chi connectivity index (χ4v) is 2.05. The van der Waals surface area contributed by atoms with Crippen molar-refractivity contribution >= 4 is 18.3 Å². The summed E-state index contributed by atoms with van der Waals surface area (Å²) in [5, 5.41) is 6.24. The van der Waals surface area contributed by atoms with Gasteiger partial charge in [0.05, 0.1) is 12.1 Å². The minimum absolute atomic E-state index is 0. The molecule has 1 aliphatic heterocycles. The van der Waals surface area contributed by atoms with Crippen molar-refractivity contribution in [3.8, 4) is 0 Å². The van der Waals surface area contributed by atoms with E-state index in [0.717, 1.165) is 24.9 Å². The van der Waals surface area contributed by atoms with Crippen LogP contribution in [0.1, 0.15) is 31.4 Å². The summed E-state index contributed by atoms with van der Waals surface area (Å²) < 4.78 is 0. The zero-order valence-electron chi connectivity index (χ0n) is 9.98. The summed E-state index contributed by atoms with van der Waals surface area (Å²) >= 11 is 0. The Kier molecular flexibility index (Phi) is 5.45. The molecule has 1 fully saturated rings. The molecule has 0 aliphatic carbocycles. The molecule has 94 valence electrons. The standard InChI is InChI=1S/C13H18N2O.ClH/c1-10(11-6-3-2-4-7-11)15-13(16)12-8-5-9-14-12;/h2-4,6-7,10,12,14H,5,8-9H2,1H3,(H,15,16);1H/t10?,12-;/m0./s1. The number of carbonyl (C=O) groups is 1. The molecule has 1 unspecified atom stereocenters. The van der Waals surface area contributed by atoms with Crippen LogP contribution in [0.4, 0.5) is 0 Å². The molecule has 3 nitrogen and oxygen atoms in total. The zero-order chi connectivity index (χ0) is 11.4. The Bertz CT molecular complexity index is 350. The molecule has 0 spiro atoms. The van der Waals surface area contributed by atoms with E-state index in [2.05, 4.69) is 10.6 Å². The van der Waals surface area contributed by atoms with Gasteiger partial charge in [0.1, 0.15) is 0 Å². The number of carbonyl (C=O) groups excluding carboxylic acids is 1. The third kappa shape index (κ3) is 3.72. The molecule has 2 N–H and O–H groups in total. The van der Waals surface area contributed by atoms with Gasteiger partial charge in [-0.25, -0.2) is 0 Å². The summed E-state index contributed by atoms with van der Waals surface area (Å²) in [5.41, 5.74) is 1.15. The summed E-state index contributed by atoms with van der Waals surface area (Å²) in [6.45, 7) is 2.97. The van der Waals surface area contributed by atoms with Gasteiger partial charge in [-0.2, -0.15) is 0 Å². The normalized spacial score (nSPS) is 20.4. The average molecular weight is 255 g/mol. The largest absolute Gasteiger partial charge is 0.348 e. The maximum absolute atomic E-state index is 11.9. The summed E-state index contributed by atoms with van der Waals surface area (Å²) in [4.78, 5) is 11.9. The zero-order valence-corrected chi connectivity index (χ0v) is 10.8. The molecule has 0 radical (unpaired) electrons. The van der Waals surface area contributed by atoms with Crippen molar-refractivity contribution < 1.29 is 4.79 Å². The fraction of sp³-hybridized carbons (Fsp3) is 0.462. The van der Waals surface area contributed by atoms with Crippen LogP contribution in [-0.2, 0) is 4.79 Å². The molecule has 0 saturated carbocycles. The average Bonchev–Trinajstić information content (AvgIpc) is 2.83. The first-order valence-corrected chi connectivity index (χ1v) is 5.86. The lowest BCUT2D eigenvalue weighted by Gasteiger charge is -2.17. The highest BCUT2D eigenvalue weighted by Gasteiger charge is 2.23. The highest BCUT2D eigenvalue weighted by atomic mass is 35.5. The van der Waals surface area contributed by atoms with Gasteiger partial charge in [0, 0.05) is 0 Å². The second-order valence-corrected chi connectivity index (χ2v) is 4.29. The highest BCUT2D eigenvalue weighted by Crippen LogP contribution is 2.12. The number of benzene rings is 1. The van der Waals surface area contributed by atoms with Crippen molar-refractivity contribution in [1.82, 2.24) is 10.6 Å². The van der Waals surface area contributed by atoms with Gasteiger partial charge in [-0.3, -0.25) is 4.79 Å². The van der Waals surface area contributed by atoms with Crippen LogP contribution < -0.4 is 10.6 Å². The molecule has 0 aromatic heterocycles. The van der Waals surface area contributed by atoms with E-state index in [1.807, 2.05) is 37.3 Å². The van der Waals surface area contributed by atoms with Crippen molar-refractivity contribution in [3.05, 3.63) is 35.9 Å². The van der Waals surface area contributed by atoms with E-state index in [9.17, 15) is 4.79 Å². The Labute approximate surface area is 108 Å². The molecule has 1 saturated heterocycles. The summed E-state index contributed by atoms with van der Waals surface area (Å²) in [6.07, 6.45) is 2.05. The topological polar surface area (TPSA) is 41.1 Å². The van der Waals surface area contributed by atoms with Crippen molar-refractivity contribution in [3.63, 3.8) is 0 Å². The molecule has 1 heterocycles. The maximum atomic E-state index is 11.9. The molecule has 1 aromatic rings. The van der Waals surface area contributed by atoms with Crippen molar-refractivity contribution in [2.75, 3.05) is 6.54 Å². The van der Waals surface area contributed by atoms with Crippen molar-refractivity contribution in [2.45, 2.75) is 31.8 Å². The van der Waals surface area contributed by atoms with Crippen molar-refractivity contribution in [2.24, 2.45) is 0 Å². The van der Waals surface area contributed by atoms with Crippen LogP contribution in [0.5, 0.6) is 0 Å². The van der Waals surface area contributed by atoms with Gasteiger partial charge in [-0.1, -0.05) is 30.3 Å². The second-order valence-electron chi connectivity index (χ2n) is 4.29. The van der Waals surface area contributed by atoms with Crippen LogP contribution >= 0.6 is 12.4 Å². The monoisotopic (exact) mass is 254 g/mol. The lowest BCUT2D eigenvalue weighted by molar-refractivity contribution is -0.123. The van der Waals surface area contributed by atoms with Crippen LogP contribution in [0.3, 0.4) is 0 Å². The van der Waals surface area contributed by atoms with E-state index in [1.165, 1.54) is 0 Å². The Balaban J connectivity index is 0.00000144. The van der Waals surface area contributed by atoms with Crippen LogP contribution in [-0.4, -0.2) is 18.5 Å². The first kappa shape index (κ1) is 14.0. The molecule has 17 heavy (non-hydrogen) atoms. The predicted molar refractivity (Wildman–Crippen MR) is 71.3 cm³/mol. The van der Waals surface area contributed by atoms with Crippen molar-refractivity contribution in [1.29, 1.82) is 0 Å². The van der Waals surface area contributed by atoms with E-state index in [0.29, 0.717) is 0 Å². The fourth-order valence-electron chi connectivity index (χ4n) is 2.05. The van der Waals surface area contributed by atoms with Crippen LogP contribution in [0.2, 0.25) is 0 Å². The van der Waals surface area contributed by atoms with Gasteiger partial charge < -0.3 is 10.6 Å². The number of amides is 1. The van der Waals surface area contributed by atoms with E-state index in [4.69, 9.17) is 0 Å². The Hall–Kier alpha value is -1.06. The van der Waals surface area contributed by atoms with E-state index >= 15 is 0 Å². The SMILES string of the molecule is CC(NC(=O)[C@@H]1CCCN1)c1ccccc1.Cl. The molecular formula is C13H19ClN2O. The Morgan fingerprint density at radius 1 is 1.41 bits per heavy atom. The van der Waals surface area contributed by atoms with Gasteiger partial charge in [-0.15, -0.1) is 12.4 Å². The van der Waals surface area contributed by atoms with Crippen LogP contribution in [0, 0.1) is 0 Å². The summed E-state index contributed by atoms with van der Waals surface area (Å²) in [5.74, 6) is 0.119. The lowest BCUT2D eigenvalue weighted by atomic mass is 10.1. The molecular weight excluding hydrogens is 236 g/mol. The van der Waals surface area contributed by atoms with E-state index in [1.54, 1.807) is 0 Å². The van der Waals surface area contributed by atoms with Crippen LogP contribution in [0.15, 0.2) is 30.3 Å². The van der Waals surface area contributed by atoms with Crippen LogP contribution in [0.25, 0.3) is 0 Å². The van der Waals surface area contributed by atoms with Gasteiger partial charge in [0.25, 0.3) is 0 Å². The second kappa shape index (κ2) is 6.62. The molecule has 1 aliphatic rings. The molecule has 1 aromatic carbocycles. The van der Waals surface area contributed by atoms with Gasteiger partial charge in [-0.05, 0) is 31.9 Å². The van der Waals surface area contributed by atoms with E-state index < -0.39 is 0 Å². The van der Waals surface area contributed by atoms with Gasteiger partial charge in [0.15, 0.2) is 0 Å².